The molecule has 0 saturated carbocycles. The van der Waals surface area contributed by atoms with E-state index in [0.29, 0.717) is 35.6 Å². The molecule has 8 nitrogen and oxygen atoms in total. The SMILES string of the molecule is COc1ccc(C)cc1/C=C\C(=O)Nc1ccc2oc(=O)n(CC(=O)N3CCCCC3)c2c1. The average Bonchev–Trinajstić information content (AvgIpc) is 3.12. The molecule has 1 saturated heterocycles. The molecule has 1 aliphatic heterocycles. The normalized spacial score (nSPS) is 14.1. The van der Waals surface area contributed by atoms with Gasteiger partial charge in [-0.05, 0) is 62.6 Å². The first kappa shape index (κ1) is 22.4. The van der Waals surface area contributed by atoms with Crippen molar-refractivity contribution in [2.45, 2.75) is 32.7 Å². The van der Waals surface area contributed by atoms with E-state index in [9.17, 15) is 14.4 Å². The second-order valence-electron chi connectivity index (χ2n) is 8.15. The van der Waals surface area contributed by atoms with Crippen molar-refractivity contribution < 1.29 is 18.7 Å². The number of amides is 2. The zero-order valence-electron chi connectivity index (χ0n) is 18.8. The summed E-state index contributed by atoms with van der Waals surface area (Å²) in [5, 5.41) is 2.79. The number of carbonyl (C=O) groups excluding carboxylic acids is 2. The molecular formula is C25H27N3O5. The number of carbonyl (C=O) groups is 2. The number of ether oxygens (including phenoxy) is 1. The zero-order chi connectivity index (χ0) is 23.4. The predicted molar refractivity (Wildman–Crippen MR) is 126 cm³/mol. The molecule has 2 aromatic carbocycles. The van der Waals surface area contributed by atoms with Gasteiger partial charge in [0, 0.05) is 30.4 Å². The van der Waals surface area contributed by atoms with Crippen molar-refractivity contribution in [3.63, 3.8) is 0 Å². The maximum absolute atomic E-state index is 12.7. The van der Waals surface area contributed by atoms with Crippen LogP contribution in [0, 0.1) is 6.92 Å². The molecule has 3 aromatic rings. The number of oxazole rings is 1. The fourth-order valence-corrected chi connectivity index (χ4v) is 4.00. The molecule has 1 aromatic heterocycles. The van der Waals surface area contributed by atoms with Gasteiger partial charge in [0.05, 0.1) is 12.6 Å². The molecule has 0 radical (unpaired) electrons. The van der Waals surface area contributed by atoms with Crippen LogP contribution in [-0.4, -0.2) is 41.5 Å². The molecule has 0 aliphatic carbocycles. The van der Waals surface area contributed by atoms with Gasteiger partial charge in [-0.1, -0.05) is 11.6 Å². The summed E-state index contributed by atoms with van der Waals surface area (Å²) in [7, 11) is 1.58. The number of nitrogens with zero attached hydrogens (tertiary/aromatic N) is 2. The number of anilines is 1. The van der Waals surface area contributed by atoms with Crippen molar-refractivity contribution in [1.82, 2.24) is 9.47 Å². The molecule has 0 unspecified atom stereocenters. The summed E-state index contributed by atoms with van der Waals surface area (Å²) in [5.41, 5.74) is 3.17. The lowest BCUT2D eigenvalue weighted by atomic mass is 10.1. The molecule has 172 valence electrons. The number of methoxy groups -OCH3 is 1. The predicted octanol–water partition coefficient (Wildman–Crippen LogP) is 3.58. The number of fused-ring (bicyclic) bond motifs is 1. The number of likely N-dealkylation sites (tertiary alicyclic amines) is 1. The van der Waals surface area contributed by atoms with E-state index in [1.165, 1.54) is 10.6 Å². The van der Waals surface area contributed by atoms with Crippen LogP contribution in [0.3, 0.4) is 0 Å². The first-order valence-electron chi connectivity index (χ1n) is 11.0. The van der Waals surface area contributed by atoms with Crippen molar-refractivity contribution >= 4 is 34.7 Å². The van der Waals surface area contributed by atoms with Crippen molar-refractivity contribution in [1.29, 1.82) is 0 Å². The fourth-order valence-electron chi connectivity index (χ4n) is 4.00. The van der Waals surface area contributed by atoms with E-state index >= 15 is 0 Å². The van der Waals surface area contributed by atoms with Gasteiger partial charge in [0.2, 0.25) is 11.8 Å². The molecule has 2 amide bonds. The molecule has 1 N–H and O–H groups in total. The third-order valence-electron chi connectivity index (χ3n) is 5.74. The number of aromatic nitrogens is 1. The Hall–Kier alpha value is -3.81. The van der Waals surface area contributed by atoms with Gasteiger partial charge in [-0.3, -0.25) is 14.2 Å². The van der Waals surface area contributed by atoms with Crippen LogP contribution in [0.15, 0.2) is 51.7 Å². The highest BCUT2D eigenvalue weighted by Gasteiger charge is 2.20. The van der Waals surface area contributed by atoms with Crippen molar-refractivity contribution in [3.8, 4) is 5.75 Å². The Morgan fingerprint density at radius 2 is 1.91 bits per heavy atom. The quantitative estimate of drug-likeness (QED) is 0.581. The minimum atomic E-state index is -0.592. The molecule has 0 spiro atoms. The van der Waals surface area contributed by atoms with Gasteiger partial charge in [0.1, 0.15) is 12.3 Å². The van der Waals surface area contributed by atoms with Crippen LogP contribution in [-0.2, 0) is 16.1 Å². The van der Waals surface area contributed by atoms with Crippen LogP contribution >= 0.6 is 0 Å². The number of benzene rings is 2. The smallest absolute Gasteiger partial charge is 0.420 e. The third kappa shape index (κ3) is 5.16. The topological polar surface area (TPSA) is 93.8 Å². The standard InChI is InChI=1S/C25H27N3O5/c1-17-6-9-21(32-2)18(14-17)7-11-23(29)26-19-8-10-22-20(15-19)28(25(31)33-22)16-24(30)27-12-4-3-5-13-27/h6-11,14-15H,3-5,12-13,16H2,1-2H3,(H,26,29)/b11-7-. The Morgan fingerprint density at radius 1 is 1.12 bits per heavy atom. The second kappa shape index (κ2) is 9.77. The van der Waals surface area contributed by atoms with Gasteiger partial charge < -0.3 is 19.4 Å². The maximum Gasteiger partial charge on any atom is 0.420 e. The van der Waals surface area contributed by atoms with E-state index < -0.39 is 5.76 Å². The number of hydrogen-bond acceptors (Lipinski definition) is 5. The van der Waals surface area contributed by atoms with E-state index in [2.05, 4.69) is 5.32 Å². The Balaban J connectivity index is 1.51. The Labute approximate surface area is 191 Å². The first-order chi connectivity index (χ1) is 15.9. The summed E-state index contributed by atoms with van der Waals surface area (Å²) in [6, 6.07) is 10.6. The van der Waals surface area contributed by atoms with Crippen LogP contribution in [0.1, 0.15) is 30.4 Å². The minimum absolute atomic E-state index is 0.0870. The van der Waals surface area contributed by atoms with Crippen LogP contribution in [0.25, 0.3) is 17.2 Å². The van der Waals surface area contributed by atoms with Crippen molar-refractivity contribution in [3.05, 3.63) is 64.2 Å². The van der Waals surface area contributed by atoms with E-state index in [0.717, 1.165) is 30.4 Å². The van der Waals surface area contributed by atoms with Gasteiger partial charge >= 0.3 is 5.76 Å². The second-order valence-corrected chi connectivity index (χ2v) is 8.15. The van der Waals surface area contributed by atoms with Gasteiger partial charge in [0.25, 0.3) is 0 Å². The van der Waals surface area contributed by atoms with Crippen LogP contribution in [0.2, 0.25) is 0 Å². The number of hydrogen-bond donors (Lipinski definition) is 1. The van der Waals surface area contributed by atoms with Gasteiger partial charge in [-0.15, -0.1) is 0 Å². The number of nitrogens with one attached hydrogen (secondary N) is 1. The zero-order valence-corrected chi connectivity index (χ0v) is 18.8. The summed E-state index contributed by atoms with van der Waals surface area (Å²) in [6.07, 6.45) is 6.18. The molecule has 8 heteroatoms. The Kier molecular flexibility index (Phi) is 6.63. The number of rotatable bonds is 6. The van der Waals surface area contributed by atoms with Gasteiger partial charge in [-0.25, -0.2) is 4.79 Å². The van der Waals surface area contributed by atoms with E-state index in [1.807, 2.05) is 25.1 Å². The lowest BCUT2D eigenvalue weighted by molar-refractivity contribution is -0.132. The highest BCUT2D eigenvalue weighted by atomic mass is 16.5. The molecule has 4 rings (SSSR count). The van der Waals surface area contributed by atoms with E-state index in [4.69, 9.17) is 9.15 Å². The summed E-state index contributed by atoms with van der Waals surface area (Å²) in [4.78, 5) is 39.3. The number of aryl methyl sites for hydroxylation is 1. The van der Waals surface area contributed by atoms with Crippen molar-refractivity contribution in [2.24, 2.45) is 0 Å². The summed E-state index contributed by atoms with van der Waals surface area (Å²) in [6.45, 7) is 3.30. The van der Waals surface area contributed by atoms with Crippen molar-refractivity contribution in [2.75, 3.05) is 25.5 Å². The molecular weight excluding hydrogens is 422 g/mol. The van der Waals surface area contributed by atoms with E-state index in [1.54, 1.807) is 36.3 Å². The lowest BCUT2D eigenvalue weighted by Crippen LogP contribution is -2.39. The van der Waals surface area contributed by atoms with Gasteiger partial charge in [0.15, 0.2) is 5.58 Å². The molecule has 33 heavy (non-hydrogen) atoms. The largest absolute Gasteiger partial charge is 0.496 e. The molecule has 0 atom stereocenters. The first-order valence-corrected chi connectivity index (χ1v) is 11.0. The molecule has 1 aliphatic rings. The Morgan fingerprint density at radius 3 is 2.67 bits per heavy atom. The highest BCUT2D eigenvalue weighted by Crippen LogP contribution is 2.22. The summed E-state index contributed by atoms with van der Waals surface area (Å²) in [5.74, 6) is -0.360. The monoisotopic (exact) mass is 449 g/mol. The van der Waals surface area contributed by atoms with Crippen LogP contribution < -0.4 is 15.8 Å². The maximum atomic E-state index is 12.7. The van der Waals surface area contributed by atoms with E-state index in [-0.39, 0.29) is 18.4 Å². The molecule has 1 fully saturated rings. The fraction of sp³-hybridized carbons (Fsp3) is 0.320. The Bertz CT molecular complexity index is 1260. The number of piperidine rings is 1. The van der Waals surface area contributed by atoms with Crippen LogP contribution in [0.5, 0.6) is 5.75 Å². The summed E-state index contributed by atoms with van der Waals surface area (Å²) >= 11 is 0. The molecule has 0 bridgehead atoms. The van der Waals surface area contributed by atoms with Crippen LogP contribution in [0.4, 0.5) is 5.69 Å². The highest BCUT2D eigenvalue weighted by molar-refractivity contribution is 6.03. The third-order valence-corrected chi connectivity index (χ3v) is 5.74. The lowest BCUT2D eigenvalue weighted by Gasteiger charge is -2.26. The molecule has 2 heterocycles. The minimum Gasteiger partial charge on any atom is -0.496 e. The average molecular weight is 450 g/mol. The van der Waals surface area contributed by atoms with Gasteiger partial charge in [-0.2, -0.15) is 0 Å². The summed E-state index contributed by atoms with van der Waals surface area (Å²) < 4.78 is 11.9.